The summed E-state index contributed by atoms with van der Waals surface area (Å²) in [7, 11) is -3.86. The maximum absolute atomic E-state index is 11.6. The topological polar surface area (TPSA) is 123 Å². The third-order valence-corrected chi connectivity index (χ3v) is 5.13. The van der Waals surface area contributed by atoms with Crippen molar-refractivity contribution in [2.24, 2.45) is 5.14 Å². The highest BCUT2D eigenvalue weighted by Crippen LogP contribution is 2.29. The summed E-state index contributed by atoms with van der Waals surface area (Å²) in [5.74, 6) is 0. The maximum atomic E-state index is 11.6. The van der Waals surface area contributed by atoms with Crippen LogP contribution in [0.2, 0.25) is 0 Å². The number of rotatable bonds is 3. The number of fused-ring (bicyclic) bond motifs is 1. The molecule has 4 aromatic rings. The zero-order chi connectivity index (χ0) is 19.7. The van der Waals surface area contributed by atoms with Crippen LogP contribution < -0.4 is 5.14 Å². The number of aromatic nitrogens is 3. The Morgan fingerprint density at radius 3 is 2.46 bits per heavy atom. The minimum atomic E-state index is -3.86. The highest BCUT2D eigenvalue weighted by atomic mass is 32.2. The fraction of sp³-hybridized carbons (Fsp3) is 0. The molecule has 0 spiro atoms. The Morgan fingerprint density at radius 2 is 1.75 bits per heavy atom. The molecule has 3 heterocycles. The number of hydrogen-bond acceptors (Lipinski definition) is 6. The predicted molar refractivity (Wildman–Crippen MR) is 104 cm³/mol. The Labute approximate surface area is 161 Å². The molecule has 1 aromatic carbocycles. The fourth-order valence-corrected chi connectivity index (χ4v) is 3.36. The molecule has 28 heavy (non-hydrogen) atoms. The Kier molecular flexibility index (Phi) is 4.31. The summed E-state index contributed by atoms with van der Waals surface area (Å²) >= 11 is 0. The normalized spacial score (nSPS) is 11.3. The second-order valence-corrected chi connectivity index (χ2v) is 7.63. The lowest BCUT2D eigenvalue weighted by molar-refractivity contribution is 0.597. The number of nitrogens with zero attached hydrogens (tertiary/aromatic N) is 4. The first-order valence-electron chi connectivity index (χ1n) is 8.20. The van der Waals surface area contributed by atoms with Gasteiger partial charge in [-0.3, -0.25) is 9.97 Å². The third kappa shape index (κ3) is 3.32. The molecular weight excluding hydrogens is 374 g/mol. The van der Waals surface area contributed by atoms with Gasteiger partial charge < -0.3 is 0 Å². The highest BCUT2D eigenvalue weighted by molar-refractivity contribution is 7.89. The number of primary sulfonamides is 1. The van der Waals surface area contributed by atoms with Crippen molar-refractivity contribution in [2.75, 3.05) is 0 Å². The summed E-state index contributed by atoms with van der Waals surface area (Å²) in [6.45, 7) is 0. The van der Waals surface area contributed by atoms with Gasteiger partial charge in [0.1, 0.15) is 4.90 Å². The van der Waals surface area contributed by atoms with Crippen LogP contribution in [0, 0.1) is 11.3 Å². The van der Waals surface area contributed by atoms with Crippen molar-refractivity contribution in [1.82, 2.24) is 15.0 Å². The summed E-state index contributed by atoms with van der Waals surface area (Å²) < 4.78 is 23.2. The molecule has 2 N–H and O–H groups in total. The summed E-state index contributed by atoms with van der Waals surface area (Å²) in [4.78, 5) is 12.9. The van der Waals surface area contributed by atoms with Crippen molar-refractivity contribution in [2.45, 2.75) is 4.90 Å². The number of hydrogen-bond donors (Lipinski definition) is 1. The summed E-state index contributed by atoms with van der Waals surface area (Å²) in [6.07, 6.45) is 4.42. The summed E-state index contributed by atoms with van der Waals surface area (Å²) in [6, 6.07) is 16.1. The number of nitriles is 1. The Bertz CT molecular complexity index is 1340. The molecule has 0 fully saturated rings. The smallest absolute Gasteiger partial charge is 0.239 e. The lowest BCUT2D eigenvalue weighted by Crippen LogP contribution is -2.12. The standard InChI is InChI=1S/C20H13N5O2S/c21-10-13-1-3-14(4-2-13)17-7-8-24-19-6-5-18(25-20(17)19)15-9-16(12-23-11-15)28(22,26)27/h1-9,11-12H,(H2,22,26,27). The molecule has 4 rings (SSSR count). The van der Waals surface area contributed by atoms with Gasteiger partial charge in [0.25, 0.3) is 0 Å². The van der Waals surface area contributed by atoms with Crippen molar-refractivity contribution in [3.63, 3.8) is 0 Å². The van der Waals surface area contributed by atoms with Gasteiger partial charge in [0.05, 0.1) is 28.4 Å². The molecule has 3 aromatic heterocycles. The summed E-state index contributed by atoms with van der Waals surface area (Å²) in [5.41, 5.74) is 4.75. The summed E-state index contributed by atoms with van der Waals surface area (Å²) in [5, 5.41) is 14.2. The van der Waals surface area contributed by atoms with E-state index in [1.165, 1.54) is 18.5 Å². The van der Waals surface area contributed by atoms with Gasteiger partial charge in [0.2, 0.25) is 10.0 Å². The molecule has 0 aliphatic rings. The van der Waals surface area contributed by atoms with Crippen LogP contribution in [0.15, 0.2) is 72.0 Å². The number of nitrogens with two attached hydrogens (primary N) is 1. The lowest BCUT2D eigenvalue weighted by atomic mass is 10.0. The quantitative estimate of drug-likeness (QED) is 0.577. The van der Waals surface area contributed by atoms with E-state index in [-0.39, 0.29) is 4.90 Å². The predicted octanol–water partition coefficient (Wildman–Crippen LogP) is 2.88. The first-order chi connectivity index (χ1) is 13.5. The molecule has 0 aliphatic heterocycles. The average molecular weight is 387 g/mol. The van der Waals surface area contributed by atoms with Crippen LogP contribution in [-0.2, 0) is 10.0 Å². The zero-order valence-electron chi connectivity index (χ0n) is 14.4. The lowest BCUT2D eigenvalue weighted by Gasteiger charge is -2.08. The molecule has 0 unspecified atom stereocenters. The fourth-order valence-electron chi connectivity index (χ4n) is 2.86. The maximum Gasteiger partial charge on any atom is 0.239 e. The van der Waals surface area contributed by atoms with Crippen LogP contribution >= 0.6 is 0 Å². The Morgan fingerprint density at radius 1 is 0.964 bits per heavy atom. The van der Waals surface area contributed by atoms with Crippen LogP contribution in [0.4, 0.5) is 0 Å². The van der Waals surface area contributed by atoms with Gasteiger partial charge in [-0.2, -0.15) is 5.26 Å². The zero-order valence-corrected chi connectivity index (χ0v) is 15.3. The van der Waals surface area contributed by atoms with Gasteiger partial charge in [0, 0.05) is 29.7 Å². The van der Waals surface area contributed by atoms with Crippen LogP contribution in [-0.4, -0.2) is 23.4 Å². The number of pyridine rings is 3. The Balaban J connectivity index is 1.88. The molecule has 0 radical (unpaired) electrons. The molecular formula is C20H13N5O2S. The van der Waals surface area contributed by atoms with Crippen molar-refractivity contribution in [3.05, 3.63) is 72.7 Å². The first kappa shape index (κ1) is 17.7. The van der Waals surface area contributed by atoms with Crippen LogP contribution in [0.1, 0.15) is 5.56 Å². The Hall–Kier alpha value is -3.67. The van der Waals surface area contributed by atoms with Crippen molar-refractivity contribution < 1.29 is 8.42 Å². The molecule has 0 atom stereocenters. The van der Waals surface area contributed by atoms with E-state index in [0.717, 1.165) is 11.1 Å². The largest absolute Gasteiger partial charge is 0.263 e. The van der Waals surface area contributed by atoms with E-state index in [4.69, 9.17) is 10.4 Å². The van der Waals surface area contributed by atoms with Gasteiger partial charge in [-0.25, -0.2) is 18.5 Å². The van der Waals surface area contributed by atoms with E-state index in [1.54, 1.807) is 24.4 Å². The molecule has 7 nitrogen and oxygen atoms in total. The molecule has 0 bridgehead atoms. The van der Waals surface area contributed by atoms with Gasteiger partial charge in [-0.15, -0.1) is 0 Å². The molecule has 0 amide bonds. The van der Waals surface area contributed by atoms with E-state index in [9.17, 15) is 8.42 Å². The van der Waals surface area contributed by atoms with Crippen molar-refractivity contribution in [3.8, 4) is 28.5 Å². The van der Waals surface area contributed by atoms with Gasteiger partial charge in [-0.05, 0) is 42.0 Å². The minimum absolute atomic E-state index is 0.0783. The second-order valence-electron chi connectivity index (χ2n) is 6.07. The molecule has 0 saturated heterocycles. The van der Waals surface area contributed by atoms with E-state index in [1.807, 2.05) is 24.3 Å². The second kappa shape index (κ2) is 6.81. The SMILES string of the molecule is N#Cc1ccc(-c2ccnc3ccc(-c4cncc(S(N)(=O)=O)c4)nc23)cc1. The molecule has 0 aliphatic carbocycles. The van der Waals surface area contributed by atoms with E-state index in [0.29, 0.717) is 27.9 Å². The monoisotopic (exact) mass is 387 g/mol. The first-order valence-corrected chi connectivity index (χ1v) is 9.75. The highest BCUT2D eigenvalue weighted by Gasteiger charge is 2.12. The molecule has 136 valence electrons. The minimum Gasteiger partial charge on any atom is -0.263 e. The van der Waals surface area contributed by atoms with E-state index < -0.39 is 10.0 Å². The average Bonchev–Trinajstić information content (AvgIpc) is 2.72. The van der Waals surface area contributed by atoms with Crippen LogP contribution in [0.25, 0.3) is 33.4 Å². The molecule has 8 heteroatoms. The van der Waals surface area contributed by atoms with E-state index in [2.05, 4.69) is 21.0 Å². The van der Waals surface area contributed by atoms with Crippen molar-refractivity contribution in [1.29, 1.82) is 5.26 Å². The van der Waals surface area contributed by atoms with E-state index >= 15 is 0 Å². The molecule has 0 saturated carbocycles. The van der Waals surface area contributed by atoms with Gasteiger partial charge in [-0.1, -0.05) is 12.1 Å². The van der Waals surface area contributed by atoms with Crippen molar-refractivity contribution >= 4 is 21.1 Å². The van der Waals surface area contributed by atoms with Crippen LogP contribution in [0.3, 0.4) is 0 Å². The third-order valence-electron chi connectivity index (χ3n) is 4.25. The number of benzene rings is 1. The number of sulfonamides is 1. The van der Waals surface area contributed by atoms with Crippen LogP contribution in [0.5, 0.6) is 0 Å². The van der Waals surface area contributed by atoms with Gasteiger partial charge >= 0.3 is 0 Å². The van der Waals surface area contributed by atoms with Gasteiger partial charge in [0.15, 0.2) is 0 Å².